The van der Waals surface area contributed by atoms with Crippen LogP contribution >= 0.6 is 0 Å². The maximum atomic E-state index is 3.04. The molecule has 0 aliphatic heterocycles. The summed E-state index contributed by atoms with van der Waals surface area (Å²) in [6.45, 7) is 0. The van der Waals surface area contributed by atoms with Gasteiger partial charge in [-0.1, -0.05) is 126 Å². The second kappa shape index (κ2) is 13.5. The van der Waals surface area contributed by atoms with Crippen LogP contribution in [0.1, 0.15) is 120 Å². The molecule has 1 aromatic rings. The fraction of sp³-hybridized carbons (Fsp3) is 0.455. The van der Waals surface area contributed by atoms with Crippen LogP contribution in [0.15, 0.2) is 160 Å². The fourth-order valence-corrected chi connectivity index (χ4v) is 15.0. The van der Waals surface area contributed by atoms with E-state index in [4.69, 9.17) is 0 Å². The lowest BCUT2D eigenvalue weighted by atomic mass is 9.51. The summed E-state index contributed by atoms with van der Waals surface area (Å²) >= 11 is 0. The van der Waals surface area contributed by atoms with E-state index >= 15 is 0 Å². The van der Waals surface area contributed by atoms with Crippen molar-refractivity contribution in [3.05, 3.63) is 171 Å². The first-order chi connectivity index (χ1) is 27.8. The number of hydrogen-bond donors (Lipinski definition) is 0. The van der Waals surface area contributed by atoms with Gasteiger partial charge in [-0.15, -0.1) is 0 Å². The van der Waals surface area contributed by atoms with E-state index < -0.39 is 0 Å². The predicted molar refractivity (Wildman–Crippen MR) is 232 cm³/mol. The van der Waals surface area contributed by atoms with Crippen LogP contribution in [0.3, 0.4) is 0 Å². The van der Waals surface area contributed by atoms with Crippen molar-refractivity contribution in [3.63, 3.8) is 0 Å². The Hall–Kier alpha value is -4.10. The van der Waals surface area contributed by atoms with Crippen LogP contribution in [-0.2, 0) is 0 Å². The zero-order valence-electron chi connectivity index (χ0n) is 33.3. The van der Waals surface area contributed by atoms with Gasteiger partial charge in [0.1, 0.15) is 0 Å². The number of rotatable bonds is 4. The summed E-state index contributed by atoms with van der Waals surface area (Å²) in [6, 6.07) is 10.5. The van der Waals surface area contributed by atoms with Crippen LogP contribution in [-0.4, -0.2) is 17.0 Å². The third kappa shape index (κ3) is 4.91. The Morgan fingerprint density at radius 3 is 2.41 bits per heavy atom. The lowest BCUT2D eigenvalue weighted by molar-refractivity contribution is 0.0673. The Labute approximate surface area is 336 Å². The molecule has 56 heavy (non-hydrogen) atoms. The van der Waals surface area contributed by atoms with E-state index in [2.05, 4.69) is 120 Å². The van der Waals surface area contributed by atoms with Gasteiger partial charge < -0.3 is 4.90 Å². The lowest BCUT2D eigenvalue weighted by Crippen LogP contribution is -2.51. The number of benzene rings is 1. The molecular weight excluding hydrogens is 675 g/mol. The Balaban J connectivity index is 1.01. The highest BCUT2D eigenvalue weighted by molar-refractivity contribution is 5.82. The topological polar surface area (TPSA) is 3.24 Å². The molecule has 11 aliphatic rings. The Morgan fingerprint density at radius 1 is 0.661 bits per heavy atom. The zero-order chi connectivity index (χ0) is 36.8. The molecule has 9 atom stereocenters. The van der Waals surface area contributed by atoms with Gasteiger partial charge in [-0.05, 0) is 171 Å². The molecule has 1 fully saturated rings. The quantitative estimate of drug-likeness (QED) is 0.298. The van der Waals surface area contributed by atoms with Gasteiger partial charge in [0, 0.05) is 29.0 Å². The minimum Gasteiger partial charge on any atom is -0.364 e. The molecule has 12 rings (SSSR count). The van der Waals surface area contributed by atoms with Crippen molar-refractivity contribution in [2.45, 2.75) is 121 Å². The second-order valence-corrected chi connectivity index (χ2v) is 19.1. The average Bonchev–Trinajstić information content (AvgIpc) is 3.74. The normalized spacial score (nSPS) is 37.3. The third-order valence-corrected chi connectivity index (χ3v) is 16.9. The van der Waals surface area contributed by atoms with E-state index in [1.807, 2.05) is 11.1 Å². The zero-order valence-corrected chi connectivity index (χ0v) is 33.3. The summed E-state index contributed by atoms with van der Waals surface area (Å²) < 4.78 is 0. The van der Waals surface area contributed by atoms with Gasteiger partial charge in [-0.3, -0.25) is 0 Å². The average molecular weight is 734 g/mol. The van der Waals surface area contributed by atoms with E-state index in [0.717, 1.165) is 6.42 Å². The van der Waals surface area contributed by atoms with E-state index in [1.54, 1.807) is 50.3 Å². The highest BCUT2D eigenvalue weighted by Crippen LogP contribution is 2.75. The van der Waals surface area contributed by atoms with E-state index in [9.17, 15) is 0 Å². The summed E-state index contributed by atoms with van der Waals surface area (Å²) in [5.74, 6) is 3.54. The minimum absolute atomic E-state index is 0.0699. The first kappa shape index (κ1) is 34.0. The Kier molecular flexibility index (Phi) is 8.19. The van der Waals surface area contributed by atoms with Crippen molar-refractivity contribution in [1.82, 2.24) is 4.90 Å². The van der Waals surface area contributed by atoms with Crippen molar-refractivity contribution < 1.29 is 0 Å². The molecule has 284 valence electrons. The molecule has 0 radical (unpaired) electrons. The SMILES string of the molecule is C1=CCC(N(C2=CC=CC3C4=C(CCC=C4)C4(C5=C(CCC=C5)C5CC6c7ccccc7C7=C(CCC=C7)C6CC54)C23)C2CC=C(C3=CCCCC3)CC2)C=C1. The number of nitrogens with zero attached hydrogens (tertiary/aromatic N) is 1. The number of allylic oxidation sites excluding steroid dienone is 21. The van der Waals surface area contributed by atoms with Crippen LogP contribution in [0.2, 0.25) is 0 Å². The third-order valence-electron chi connectivity index (χ3n) is 16.9. The second-order valence-electron chi connectivity index (χ2n) is 19.1. The molecule has 1 nitrogen and oxygen atoms in total. The molecule has 1 heteroatoms. The van der Waals surface area contributed by atoms with Crippen LogP contribution in [0, 0.1) is 35.0 Å². The van der Waals surface area contributed by atoms with Crippen molar-refractivity contribution in [2.24, 2.45) is 35.0 Å². The molecule has 0 amide bonds. The van der Waals surface area contributed by atoms with Gasteiger partial charge in [0.2, 0.25) is 0 Å². The van der Waals surface area contributed by atoms with Gasteiger partial charge in [0.25, 0.3) is 0 Å². The van der Waals surface area contributed by atoms with Crippen LogP contribution in [0.5, 0.6) is 0 Å². The number of hydrogen-bond acceptors (Lipinski definition) is 1. The van der Waals surface area contributed by atoms with E-state index in [-0.39, 0.29) is 5.41 Å². The van der Waals surface area contributed by atoms with Crippen LogP contribution in [0.4, 0.5) is 0 Å². The summed E-state index contributed by atoms with van der Waals surface area (Å²) in [4.78, 5) is 3.04. The summed E-state index contributed by atoms with van der Waals surface area (Å²) in [6.07, 6.45) is 58.3. The summed E-state index contributed by atoms with van der Waals surface area (Å²) in [7, 11) is 0. The molecule has 9 unspecified atom stereocenters. The first-order valence-electron chi connectivity index (χ1n) is 23.0. The monoisotopic (exact) mass is 733 g/mol. The highest BCUT2D eigenvalue weighted by Gasteiger charge is 2.67. The van der Waals surface area contributed by atoms with E-state index in [0.29, 0.717) is 47.6 Å². The molecule has 11 aliphatic carbocycles. The Morgan fingerprint density at radius 2 is 1.54 bits per heavy atom. The maximum Gasteiger partial charge on any atom is 0.0511 e. The smallest absolute Gasteiger partial charge is 0.0511 e. The standard InChI is InChI=1S/C55H59N/c1-3-16-36(17-4-1)37-30-32-39(33-31-37)56(38-18-5-2-6-19-38)53-29-15-26-46-44-24-11-13-27-50(44)55(54(46)53)51-28-14-12-25-45(51)49-34-47-42-22-9-7-20-40(42)41-21-8-10-23-43(41)48(47)35-52(49)55/h2,5-9,11,14-16,18,20-22,24,26,28-30,38-39,46-49,52,54H,1,3-4,10,12-13,17,19,23,25,27,31-35H2. The fourth-order valence-electron chi connectivity index (χ4n) is 15.0. The van der Waals surface area contributed by atoms with Crippen molar-refractivity contribution in [1.29, 1.82) is 0 Å². The van der Waals surface area contributed by atoms with Gasteiger partial charge in [-0.25, -0.2) is 0 Å². The molecule has 1 aromatic carbocycles. The minimum atomic E-state index is 0.0699. The maximum absolute atomic E-state index is 3.04. The largest absolute Gasteiger partial charge is 0.364 e. The molecule has 0 heterocycles. The molecular formula is C55H59N. The van der Waals surface area contributed by atoms with Gasteiger partial charge in [0.05, 0.1) is 6.04 Å². The van der Waals surface area contributed by atoms with Crippen LogP contribution < -0.4 is 0 Å². The number of fused-ring (bicyclic) bond motifs is 13. The van der Waals surface area contributed by atoms with E-state index in [1.165, 1.54) is 96.3 Å². The predicted octanol–water partition coefficient (Wildman–Crippen LogP) is 13.7. The van der Waals surface area contributed by atoms with Crippen molar-refractivity contribution in [3.8, 4) is 0 Å². The van der Waals surface area contributed by atoms with Gasteiger partial charge in [-0.2, -0.15) is 0 Å². The van der Waals surface area contributed by atoms with Crippen molar-refractivity contribution in [2.75, 3.05) is 0 Å². The summed E-state index contributed by atoms with van der Waals surface area (Å²) in [5, 5.41) is 0. The molecule has 0 N–H and O–H groups in total. The molecule has 0 aromatic heterocycles. The molecule has 1 spiro atoms. The summed E-state index contributed by atoms with van der Waals surface area (Å²) in [5.41, 5.74) is 18.9. The first-order valence-corrected chi connectivity index (χ1v) is 23.0. The molecule has 0 saturated heterocycles. The van der Waals surface area contributed by atoms with Crippen molar-refractivity contribution >= 4 is 5.57 Å². The molecule has 1 saturated carbocycles. The van der Waals surface area contributed by atoms with Gasteiger partial charge >= 0.3 is 0 Å². The van der Waals surface area contributed by atoms with Gasteiger partial charge in [0.15, 0.2) is 0 Å². The molecule has 0 bridgehead atoms. The van der Waals surface area contributed by atoms with Crippen LogP contribution in [0.25, 0.3) is 5.57 Å². The highest BCUT2D eigenvalue weighted by atomic mass is 15.2. The lowest BCUT2D eigenvalue weighted by Gasteiger charge is -2.54. The Bertz CT molecular complexity index is 2230.